The molecular formula is C56H64F2N10O6. The molecule has 5 aromatic rings. The number of piperazine rings is 1. The summed E-state index contributed by atoms with van der Waals surface area (Å²) in [5, 5.41) is 19.6. The molecule has 9 rings (SSSR count). The van der Waals surface area contributed by atoms with Crippen LogP contribution >= 0.6 is 0 Å². The summed E-state index contributed by atoms with van der Waals surface area (Å²) in [7, 11) is 1.73. The van der Waals surface area contributed by atoms with E-state index in [0.717, 1.165) is 105 Å². The zero-order valence-corrected chi connectivity index (χ0v) is 42.2. The second-order valence-corrected chi connectivity index (χ2v) is 20.3. The van der Waals surface area contributed by atoms with Gasteiger partial charge in [-0.3, -0.25) is 34.2 Å². The van der Waals surface area contributed by atoms with Crippen LogP contribution in [0.4, 0.5) is 20.3 Å². The number of hydrogen-bond acceptors (Lipinski definition) is 12. The predicted molar refractivity (Wildman–Crippen MR) is 275 cm³/mol. The molecule has 0 radical (unpaired) electrons. The number of imide groups is 1. The molecule has 3 aliphatic heterocycles. The highest BCUT2D eigenvalue weighted by Gasteiger charge is 2.39. The number of nitrogens with zero attached hydrogens (tertiary/aromatic N) is 8. The van der Waals surface area contributed by atoms with Gasteiger partial charge in [0.25, 0.3) is 5.91 Å². The van der Waals surface area contributed by atoms with Crippen molar-refractivity contribution in [2.24, 2.45) is 11.8 Å². The number of halogens is 2. The van der Waals surface area contributed by atoms with Crippen molar-refractivity contribution in [2.75, 3.05) is 75.8 Å². The molecule has 0 spiro atoms. The van der Waals surface area contributed by atoms with Gasteiger partial charge in [0.2, 0.25) is 17.7 Å². The molecule has 1 aliphatic carbocycles. The zero-order valence-electron chi connectivity index (χ0n) is 42.2. The van der Waals surface area contributed by atoms with Gasteiger partial charge in [0.15, 0.2) is 5.78 Å². The first kappa shape index (κ1) is 51.6. The molecule has 2 aromatic carbocycles. The Hall–Kier alpha value is -7.26. The average Bonchev–Trinajstić information content (AvgIpc) is 3.97. The van der Waals surface area contributed by atoms with Crippen molar-refractivity contribution in [3.8, 4) is 22.9 Å². The molecule has 388 valence electrons. The number of anilines is 2. The number of ketones is 1. The summed E-state index contributed by atoms with van der Waals surface area (Å²) >= 11 is 0. The molecule has 3 saturated heterocycles. The number of hydrogen-bond donors (Lipinski definition) is 2. The van der Waals surface area contributed by atoms with Gasteiger partial charge in [-0.05, 0) is 119 Å². The minimum atomic E-state index is -0.927. The van der Waals surface area contributed by atoms with E-state index >= 15 is 0 Å². The van der Waals surface area contributed by atoms with Crippen LogP contribution in [-0.4, -0.2) is 125 Å². The van der Waals surface area contributed by atoms with Crippen molar-refractivity contribution in [1.29, 1.82) is 5.26 Å². The van der Waals surface area contributed by atoms with Crippen molar-refractivity contribution in [3.05, 3.63) is 107 Å². The zero-order chi connectivity index (χ0) is 51.9. The van der Waals surface area contributed by atoms with E-state index in [1.54, 1.807) is 28.9 Å². The summed E-state index contributed by atoms with van der Waals surface area (Å²) in [5.74, 6) is -1.68. The number of piperidine rings is 2. The molecule has 0 saturated carbocycles. The molecule has 2 N–H and O–H groups in total. The Kier molecular flexibility index (Phi) is 16.0. The molecule has 3 aromatic heterocycles. The monoisotopic (exact) mass is 1010 g/mol. The number of carbonyl (C=O) groups excluding carboxylic acids is 5. The van der Waals surface area contributed by atoms with Crippen molar-refractivity contribution < 1.29 is 37.5 Å². The Morgan fingerprint density at radius 3 is 2.43 bits per heavy atom. The number of carbonyl (C=O) groups is 5. The Bertz CT molecular complexity index is 2940. The van der Waals surface area contributed by atoms with Gasteiger partial charge in [-0.25, -0.2) is 18.3 Å². The number of rotatable bonds is 19. The Morgan fingerprint density at radius 1 is 0.905 bits per heavy atom. The van der Waals surface area contributed by atoms with E-state index in [1.165, 1.54) is 6.20 Å². The molecule has 3 fully saturated rings. The molecule has 6 heterocycles. The van der Waals surface area contributed by atoms with Crippen LogP contribution in [0, 0.1) is 34.8 Å². The van der Waals surface area contributed by atoms with Gasteiger partial charge >= 0.3 is 0 Å². The molecule has 74 heavy (non-hydrogen) atoms. The molecule has 4 aliphatic rings. The number of fused-ring (bicyclic) bond motifs is 2. The summed E-state index contributed by atoms with van der Waals surface area (Å²) < 4.78 is 36.5. The number of amides is 4. The van der Waals surface area contributed by atoms with Crippen LogP contribution in [0.25, 0.3) is 16.6 Å². The highest BCUT2D eigenvalue weighted by atomic mass is 19.1. The Morgan fingerprint density at radius 2 is 1.69 bits per heavy atom. The SMILES string of the molecule is CCOc1cc(-c2ccc(N3CCC(CN(C)C(=O)CCCCCCN4CCN(c5ccc6c(c5)C(=O)C(CCC5CCC(=O)NC5=O)C6)CC4)(NC(=O)c4cc(F)ccc4F)CC3)nc2)c2c(C#N)cnn2c1. The lowest BCUT2D eigenvalue weighted by atomic mass is 9.86. The predicted octanol–water partition coefficient (Wildman–Crippen LogP) is 7.13. The third-order valence-corrected chi connectivity index (χ3v) is 15.4. The molecular weight excluding hydrogens is 947 g/mol. The van der Waals surface area contributed by atoms with Gasteiger partial charge in [-0.2, -0.15) is 10.4 Å². The lowest BCUT2D eigenvalue weighted by Crippen LogP contribution is -2.61. The summed E-state index contributed by atoms with van der Waals surface area (Å²) in [6.45, 7) is 7.99. The van der Waals surface area contributed by atoms with Crippen molar-refractivity contribution >= 4 is 46.4 Å². The van der Waals surface area contributed by atoms with Gasteiger partial charge in [0.1, 0.15) is 29.3 Å². The minimum absolute atomic E-state index is 0.0531. The summed E-state index contributed by atoms with van der Waals surface area (Å²) in [5.41, 5.74) is 4.19. The highest BCUT2D eigenvalue weighted by molar-refractivity contribution is 6.03. The van der Waals surface area contributed by atoms with E-state index in [0.29, 0.717) is 93.7 Å². The second kappa shape index (κ2) is 22.9. The smallest absolute Gasteiger partial charge is 0.254 e. The maximum absolute atomic E-state index is 14.9. The fourth-order valence-corrected chi connectivity index (χ4v) is 11.2. The lowest BCUT2D eigenvalue weighted by Gasteiger charge is -2.44. The van der Waals surface area contributed by atoms with E-state index in [-0.39, 0.29) is 41.9 Å². The van der Waals surface area contributed by atoms with Crippen LogP contribution in [0.3, 0.4) is 0 Å². The number of unbranched alkanes of at least 4 members (excludes halogenated alkanes) is 3. The number of nitrogens with one attached hydrogen (secondary N) is 2. The standard InChI is InChI=1S/C56H64F2N10O6/c1-3-74-44-31-45(52-41(32-59)34-61-68(52)35-44)40-12-17-49(60-33-40)67-22-19-56(20-23-67,63-55(73)47-29-42(57)14-16-48(47)58)36-64(2)51(70)8-6-4-5-7-21-65-24-26-66(27-25-65)43-15-11-38-28-39(53(71)46(38)30-43)10-9-37-13-18-50(69)62-54(37)72/h11-12,14-17,29-31,33-35,37,39H,3-10,13,18-28,36H2,1-2H3,(H,63,73)(H,62,69,72). The molecule has 16 nitrogen and oxygen atoms in total. The van der Waals surface area contributed by atoms with Crippen molar-refractivity contribution in [3.63, 3.8) is 0 Å². The van der Waals surface area contributed by atoms with Gasteiger partial charge in [-0.1, -0.05) is 18.9 Å². The van der Waals surface area contributed by atoms with Crippen LogP contribution in [0.1, 0.15) is 109 Å². The fraction of sp³-hybridized carbons (Fsp3) is 0.464. The lowest BCUT2D eigenvalue weighted by molar-refractivity contribution is -0.136. The number of aromatic nitrogens is 3. The van der Waals surface area contributed by atoms with Crippen molar-refractivity contribution in [1.82, 2.24) is 35.0 Å². The maximum atomic E-state index is 14.9. The number of likely N-dealkylation sites (N-methyl/N-ethyl adjacent to an activating group) is 1. The van der Waals surface area contributed by atoms with Gasteiger partial charge < -0.3 is 24.8 Å². The summed E-state index contributed by atoms with van der Waals surface area (Å²) in [6, 6.07) is 17.0. The molecule has 0 bridgehead atoms. The number of nitriles is 1. The van der Waals surface area contributed by atoms with E-state index in [4.69, 9.17) is 9.72 Å². The minimum Gasteiger partial charge on any atom is -0.492 e. The first-order valence-corrected chi connectivity index (χ1v) is 26.1. The number of pyridine rings is 2. The normalized spacial score (nSPS) is 18.8. The van der Waals surface area contributed by atoms with Crippen LogP contribution in [-0.2, 0) is 20.8 Å². The summed E-state index contributed by atoms with van der Waals surface area (Å²) in [6.07, 6.45) is 12.6. The van der Waals surface area contributed by atoms with Crippen LogP contribution < -0.4 is 25.2 Å². The van der Waals surface area contributed by atoms with Crippen molar-refractivity contribution in [2.45, 2.75) is 89.5 Å². The average molecular weight is 1010 g/mol. The first-order chi connectivity index (χ1) is 35.8. The van der Waals surface area contributed by atoms with Crippen LogP contribution in [0.15, 0.2) is 73.2 Å². The van der Waals surface area contributed by atoms with E-state index < -0.39 is 28.6 Å². The second-order valence-electron chi connectivity index (χ2n) is 20.3. The maximum Gasteiger partial charge on any atom is 0.254 e. The summed E-state index contributed by atoms with van der Waals surface area (Å²) in [4.78, 5) is 77.8. The van der Waals surface area contributed by atoms with Crippen LogP contribution in [0.5, 0.6) is 5.75 Å². The van der Waals surface area contributed by atoms with Crippen LogP contribution in [0.2, 0.25) is 0 Å². The third-order valence-electron chi connectivity index (χ3n) is 15.4. The van der Waals surface area contributed by atoms with E-state index in [1.807, 2.05) is 31.2 Å². The number of Topliss-reactive ketones (excluding diaryl/α,β-unsaturated/α-hetero) is 1. The van der Waals surface area contributed by atoms with E-state index in [2.05, 4.69) is 48.6 Å². The molecule has 2 atom stereocenters. The fourth-order valence-electron chi connectivity index (χ4n) is 11.2. The Labute approximate surface area is 430 Å². The number of benzene rings is 2. The largest absolute Gasteiger partial charge is 0.492 e. The molecule has 18 heteroatoms. The quantitative estimate of drug-likeness (QED) is 0.0631. The first-order valence-electron chi connectivity index (χ1n) is 26.1. The third kappa shape index (κ3) is 11.7. The molecule has 2 unspecified atom stereocenters. The number of ether oxygens (including phenoxy) is 1. The van der Waals surface area contributed by atoms with Gasteiger partial charge in [0.05, 0.1) is 41.2 Å². The van der Waals surface area contributed by atoms with Gasteiger partial charge in [0, 0.05) is 106 Å². The van der Waals surface area contributed by atoms with E-state index in [9.17, 15) is 38.0 Å². The Balaban J connectivity index is 0.734. The molecule has 4 amide bonds. The topological polar surface area (TPSA) is 186 Å². The highest BCUT2D eigenvalue weighted by Crippen LogP contribution is 2.36. The van der Waals surface area contributed by atoms with Gasteiger partial charge in [-0.15, -0.1) is 0 Å².